The molecule has 1 saturated heterocycles. The minimum Gasteiger partial charge on any atom is -0.377 e. The first kappa shape index (κ1) is 11.6. The van der Waals surface area contributed by atoms with E-state index in [2.05, 4.69) is 5.32 Å². The van der Waals surface area contributed by atoms with Crippen molar-refractivity contribution in [2.24, 2.45) is 5.92 Å². The van der Waals surface area contributed by atoms with Crippen molar-refractivity contribution in [2.45, 2.75) is 43.6 Å². The van der Waals surface area contributed by atoms with Gasteiger partial charge in [0.1, 0.15) is 0 Å². The maximum atomic E-state index is 12.1. The summed E-state index contributed by atoms with van der Waals surface area (Å²) in [6.07, 6.45) is 3.76. The molecule has 1 heterocycles. The first-order valence-electron chi connectivity index (χ1n) is 5.88. The topological polar surface area (TPSA) is 38.3 Å². The monoisotopic (exact) mass is 231 g/mol. The maximum absolute atomic E-state index is 12.1. The maximum Gasteiger partial charge on any atom is 0.0691 e. The number of rotatable bonds is 5. The average molecular weight is 231 g/mol. The normalized spacial score (nSPS) is 35.3. The highest BCUT2D eigenvalue weighted by Crippen LogP contribution is 2.33. The molecule has 0 aromatic rings. The fourth-order valence-corrected chi connectivity index (χ4v) is 4.22. The zero-order valence-electron chi connectivity index (χ0n) is 9.57. The smallest absolute Gasteiger partial charge is 0.0691 e. The summed E-state index contributed by atoms with van der Waals surface area (Å²) in [6, 6.07) is 0.457. The molecule has 2 rings (SSSR count). The molecule has 1 N–H and O–H groups in total. The van der Waals surface area contributed by atoms with Crippen LogP contribution in [-0.4, -0.2) is 41.0 Å². The number of hydrogen-bond donors (Lipinski definition) is 1. The molecule has 2 aliphatic rings. The van der Waals surface area contributed by atoms with Gasteiger partial charge in [-0.3, -0.25) is 4.21 Å². The van der Waals surface area contributed by atoms with Crippen molar-refractivity contribution in [3.8, 4) is 0 Å². The van der Waals surface area contributed by atoms with Gasteiger partial charge in [0.05, 0.1) is 11.4 Å². The van der Waals surface area contributed by atoms with E-state index < -0.39 is 10.8 Å². The summed E-state index contributed by atoms with van der Waals surface area (Å²) in [6.45, 7) is 2.83. The summed E-state index contributed by atoms with van der Waals surface area (Å²) in [5.41, 5.74) is 0. The summed E-state index contributed by atoms with van der Waals surface area (Å²) in [7, 11) is 1.26. The third-order valence-electron chi connectivity index (χ3n) is 3.55. The SMILES string of the molecule is CNC(CS(=O)C1CCOC1C)C1CC1. The van der Waals surface area contributed by atoms with Gasteiger partial charge in [0, 0.05) is 29.2 Å². The van der Waals surface area contributed by atoms with Gasteiger partial charge in [0.15, 0.2) is 0 Å². The lowest BCUT2D eigenvalue weighted by Gasteiger charge is -2.19. The van der Waals surface area contributed by atoms with Gasteiger partial charge in [-0.2, -0.15) is 0 Å². The fourth-order valence-electron chi connectivity index (χ4n) is 2.31. The molecule has 15 heavy (non-hydrogen) atoms. The van der Waals surface area contributed by atoms with Crippen molar-refractivity contribution >= 4 is 10.8 Å². The van der Waals surface area contributed by atoms with Crippen molar-refractivity contribution in [2.75, 3.05) is 19.4 Å². The molecule has 88 valence electrons. The molecule has 0 aromatic carbocycles. The van der Waals surface area contributed by atoms with Crippen LogP contribution in [-0.2, 0) is 15.5 Å². The molecule has 0 amide bonds. The molecule has 1 saturated carbocycles. The zero-order valence-corrected chi connectivity index (χ0v) is 10.4. The Bertz CT molecular complexity index is 243. The van der Waals surface area contributed by atoms with E-state index in [1.807, 2.05) is 14.0 Å². The molecule has 1 aliphatic heterocycles. The lowest BCUT2D eigenvalue weighted by atomic mass is 10.2. The van der Waals surface area contributed by atoms with Gasteiger partial charge in [-0.1, -0.05) is 0 Å². The third-order valence-corrected chi connectivity index (χ3v) is 5.53. The second-order valence-corrected chi connectivity index (χ2v) is 6.38. The van der Waals surface area contributed by atoms with Gasteiger partial charge in [0.25, 0.3) is 0 Å². The predicted molar refractivity (Wildman–Crippen MR) is 62.4 cm³/mol. The highest BCUT2D eigenvalue weighted by atomic mass is 32.2. The van der Waals surface area contributed by atoms with Gasteiger partial charge < -0.3 is 10.1 Å². The Morgan fingerprint density at radius 3 is 2.67 bits per heavy atom. The van der Waals surface area contributed by atoms with Crippen LogP contribution < -0.4 is 5.32 Å². The molecule has 1 aliphatic carbocycles. The van der Waals surface area contributed by atoms with Gasteiger partial charge in [-0.05, 0) is 39.2 Å². The van der Waals surface area contributed by atoms with Crippen LogP contribution in [0.25, 0.3) is 0 Å². The minimum atomic E-state index is -0.723. The van der Waals surface area contributed by atoms with Gasteiger partial charge in [0.2, 0.25) is 0 Å². The van der Waals surface area contributed by atoms with E-state index >= 15 is 0 Å². The van der Waals surface area contributed by atoms with Crippen LogP contribution in [0.15, 0.2) is 0 Å². The number of nitrogens with one attached hydrogen (secondary N) is 1. The second-order valence-electron chi connectivity index (χ2n) is 4.68. The van der Waals surface area contributed by atoms with E-state index in [1.165, 1.54) is 12.8 Å². The molecule has 3 nitrogen and oxygen atoms in total. The molecule has 4 atom stereocenters. The average Bonchev–Trinajstić information content (AvgIpc) is 2.97. The largest absolute Gasteiger partial charge is 0.377 e. The molecule has 0 radical (unpaired) electrons. The number of hydrogen-bond acceptors (Lipinski definition) is 3. The van der Waals surface area contributed by atoms with E-state index in [0.717, 1.165) is 24.7 Å². The molecule has 2 fully saturated rings. The summed E-state index contributed by atoms with van der Waals surface area (Å²) < 4.78 is 17.6. The van der Waals surface area contributed by atoms with Crippen LogP contribution >= 0.6 is 0 Å². The molecular weight excluding hydrogens is 210 g/mol. The quantitative estimate of drug-likeness (QED) is 0.764. The standard InChI is InChI=1S/C11H21NO2S/c1-8-11(5-6-14-8)15(13)7-10(12-2)9-3-4-9/h8-12H,3-7H2,1-2H3. The van der Waals surface area contributed by atoms with Gasteiger partial charge in [-0.25, -0.2) is 0 Å². The molecule has 0 bridgehead atoms. The first-order valence-corrected chi connectivity index (χ1v) is 7.26. The Balaban J connectivity index is 1.84. The third kappa shape index (κ3) is 2.80. The van der Waals surface area contributed by atoms with Crippen molar-refractivity contribution in [3.05, 3.63) is 0 Å². The Hall–Kier alpha value is 0.0700. The highest BCUT2D eigenvalue weighted by Gasteiger charge is 2.35. The van der Waals surface area contributed by atoms with Crippen LogP contribution in [0.5, 0.6) is 0 Å². The van der Waals surface area contributed by atoms with Crippen LogP contribution in [0.1, 0.15) is 26.2 Å². The van der Waals surface area contributed by atoms with Crippen molar-refractivity contribution < 1.29 is 8.95 Å². The lowest BCUT2D eigenvalue weighted by molar-refractivity contribution is 0.127. The molecule has 4 heteroatoms. The lowest BCUT2D eigenvalue weighted by Crippen LogP contribution is -2.37. The Morgan fingerprint density at radius 2 is 2.20 bits per heavy atom. The molecular formula is C11H21NO2S. The highest BCUT2D eigenvalue weighted by molar-refractivity contribution is 7.85. The zero-order chi connectivity index (χ0) is 10.8. The van der Waals surface area contributed by atoms with Crippen molar-refractivity contribution in [1.29, 1.82) is 0 Å². The van der Waals surface area contributed by atoms with Gasteiger partial charge >= 0.3 is 0 Å². The van der Waals surface area contributed by atoms with Crippen LogP contribution in [0.2, 0.25) is 0 Å². The number of ether oxygens (including phenoxy) is 1. The second kappa shape index (κ2) is 4.93. The Morgan fingerprint density at radius 1 is 1.47 bits per heavy atom. The van der Waals surface area contributed by atoms with E-state index in [0.29, 0.717) is 6.04 Å². The minimum absolute atomic E-state index is 0.183. The van der Waals surface area contributed by atoms with E-state index in [-0.39, 0.29) is 11.4 Å². The van der Waals surface area contributed by atoms with Crippen LogP contribution in [0, 0.1) is 5.92 Å². The van der Waals surface area contributed by atoms with Crippen molar-refractivity contribution in [3.63, 3.8) is 0 Å². The summed E-state index contributed by atoms with van der Waals surface area (Å²) in [5, 5.41) is 3.56. The Labute approximate surface area is 94.4 Å². The summed E-state index contributed by atoms with van der Waals surface area (Å²) in [4.78, 5) is 0. The van der Waals surface area contributed by atoms with Gasteiger partial charge in [-0.15, -0.1) is 0 Å². The molecule has 0 aromatic heterocycles. The van der Waals surface area contributed by atoms with E-state index in [1.54, 1.807) is 0 Å². The summed E-state index contributed by atoms with van der Waals surface area (Å²) in [5.74, 6) is 1.58. The first-order chi connectivity index (χ1) is 7.22. The van der Waals surface area contributed by atoms with Crippen LogP contribution in [0.3, 0.4) is 0 Å². The van der Waals surface area contributed by atoms with E-state index in [4.69, 9.17) is 4.74 Å². The van der Waals surface area contributed by atoms with E-state index in [9.17, 15) is 4.21 Å². The van der Waals surface area contributed by atoms with Crippen LogP contribution in [0.4, 0.5) is 0 Å². The predicted octanol–water partition coefficient (Wildman–Crippen LogP) is 0.910. The van der Waals surface area contributed by atoms with Crippen molar-refractivity contribution in [1.82, 2.24) is 5.32 Å². The fraction of sp³-hybridized carbons (Fsp3) is 1.00. The Kier molecular flexibility index (Phi) is 3.80. The summed E-state index contributed by atoms with van der Waals surface area (Å²) >= 11 is 0. The molecule has 0 spiro atoms. The molecule has 4 unspecified atom stereocenters.